The number of benzene rings is 1. The summed E-state index contributed by atoms with van der Waals surface area (Å²) in [5.41, 5.74) is 0.537. The number of fused-ring (bicyclic) bond motifs is 1. The SMILES string of the molecule is CC(O)CC1CCCC(CC(C)O)c2oc(=O)c(C(c3ccccc3)C3CC3)c(O)c2C1=O. The van der Waals surface area contributed by atoms with Crippen LogP contribution in [-0.4, -0.2) is 33.3 Å². The summed E-state index contributed by atoms with van der Waals surface area (Å²) in [6, 6.07) is 9.58. The Kier molecular flexibility index (Phi) is 7.05. The predicted molar refractivity (Wildman–Crippen MR) is 125 cm³/mol. The van der Waals surface area contributed by atoms with E-state index in [2.05, 4.69) is 0 Å². The Morgan fingerprint density at radius 1 is 0.939 bits per heavy atom. The molecule has 1 saturated carbocycles. The predicted octanol–water partition coefficient (Wildman–Crippen LogP) is 4.50. The van der Waals surface area contributed by atoms with Gasteiger partial charge in [0.05, 0.1) is 23.3 Å². The molecule has 5 unspecified atom stereocenters. The number of ketones is 1. The smallest absolute Gasteiger partial charge is 0.343 e. The molecule has 0 radical (unpaired) electrons. The molecule has 1 fully saturated rings. The van der Waals surface area contributed by atoms with Gasteiger partial charge in [-0.3, -0.25) is 4.79 Å². The lowest BCUT2D eigenvalue weighted by Gasteiger charge is -2.28. The fourth-order valence-corrected chi connectivity index (χ4v) is 5.47. The number of carbonyl (C=O) groups is 1. The summed E-state index contributed by atoms with van der Waals surface area (Å²) in [6.45, 7) is 3.32. The van der Waals surface area contributed by atoms with Gasteiger partial charge in [-0.25, -0.2) is 4.79 Å². The molecule has 1 aromatic carbocycles. The van der Waals surface area contributed by atoms with Crippen molar-refractivity contribution in [1.29, 1.82) is 0 Å². The average Bonchev–Trinajstić information content (AvgIpc) is 3.59. The van der Waals surface area contributed by atoms with E-state index in [0.717, 1.165) is 18.4 Å². The molecule has 0 spiro atoms. The summed E-state index contributed by atoms with van der Waals surface area (Å²) in [6.07, 6.45) is 3.15. The van der Waals surface area contributed by atoms with Crippen molar-refractivity contribution in [3.05, 3.63) is 63.2 Å². The van der Waals surface area contributed by atoms with Crippen molar-refractivity contribution in [1.82, 2.24) is 0 Å². The average molecular weight is 455 g/mol. The Balaban J connectivity index is 1.90. The molecule has 0 aliphatic heterocycles. The first-order valence-electron chi connectivity index (χ1n) is 12.1. The molecule has 33 heavy (non-hydrogen) atoms. The number of aromatic hydroxyl groups is 1. The van der Waals surface area contributed by atoms with Crippen molar-refractivity contribution in [3.8, 4) is 5.75 Å². The van der Waals surface area contributed by atoms with Crippen molar-refractivity contribution in [2.24, 2.45) is 11.8 Å². The quantitative estimate of drug-likeness (QED) is 0.569. The van der Waals surface area contributed by atoms with Gasteiger partial charge in [-0.1, -0.05) is 36.8 Å². The van der Waals surface area contributed by atoms with Crippen LogP contribution in [0.15, 0.2) is 39.5 Å². The van der Waals surface area contributed by atoms with E-state index < -0.39 is 23.8 Å². The van der Waals surface area contributed by atoms with Crippen molar-refractivity contribution in [2.75, 3.05) is 0 Å². The number of hydrogen-bond acceptors (Lipinski definition) is 6. The van der Waals surface area contributed by atoms with Crippen LogP contribution < -0.4 is 5.63 Å². The van der Waals surface area contributed by atoms with Crippen LogP contribution in [0.25, 0.3) is 0 Å². The maximum absolute atomic E-state index is 13.7. The highest BCUT2D eigenvalue weighted by Gasteiger charge is 2.41. The lowest BCUT2D eigenvalue weighted by Crippen LogP contribution is -2.28. The third-order valence-corrected chi connectivity index (χ3v) is 7.07. The van der Waals surface area contributed by atoms with Crippen LogP contribution in [0.5, 0.6) is 5.75 Å². The standard InChI is InChI=1S/C27H34O6/c1-15(28)13-19-9-6-10-20(14-16(2)29)26-23(24(19)30)25(31)22(27(32)33-26)21(18-11-12-18)17-7-4-3-5-8-17/h3-5,7-8,15-16,18-21,28-29,31H,6,9-14H2,1-2H3. The fraction of sp³-hybridized carbons (Fsp3) is 0.556. The first kappa shape index (κ1) is 23.7. The molecule has 178 valence electrons. The second kappa shape index (κ2) is 9.82. The highest BCUT2D eigenvalue weighted by Crippen LogP contribution is 2.49. The number of rotatable bonds is 7. The first-order chi connectivity index (χ1) is 15.8. The van der Waals surface area contributed by atoms with Gasteiger partial charge in [-0.05, 0) is 63.9 Å². The summed E-state index contributed by atoms with van der Waals surface area (Å²) in [4.78, 5) is 27.0. The molecule has 2 aliphatic carbocycles. The van der Waals surface area contributed by atoms with Crippen molar-refractivity contribution >= 4 is 5.78 Å². The van der Waals surface area contributed by atoms with Gasteiger partial charge in [0.2, 0.25) is 0 Å². The zero-order valence-electron chi connectivity index (χ0n) is 19.4. The minimum absolute atomic E-state index is 0.0715. The Morgan fingerprint density at radius 2 is 1.55 bits per heavy atom. The van der Waals surface area contributed by atoms with Crippen LogP contribution in [0.4, 0.5) is 0 Å². The van der Waals surface area contributed by atoms with Gasteiger partial charge in [0.25, 0.3) is 0 Å². The van der Waals surface area contributed by atoms with Crippen LogP contribution in [0, 0.1) is 11.8 Å². The lowest BCUT2D eigenvalue weighted by atomic mass is 9.78. The maximum Gasteiger partial charge on any atom is 0.343 e. The second-order valence-corrected chi connectivity index (χ2v) is 9.98. The van der Waals surface area contributed by atoms with E-state index in [1.165, 1.54) is 0 Å². The van der Waals surface area contributed by atoms with Gasteiger partial charge in [0.15, 0.2) is 5.78 Å². The summed E-state index contributed by atoms with van der Waals surface area (Å²) >= 11 is 0. The minimum atomic E-state index is -0.657. The third kappa shape index (κ3) is 5.07. The summed E-state index contributed by atoms with van der Waals surface area (Å²) in [7, 11) is 0. The molecular weight excluding hydrogens is 420 g/mol. The van der Waals surface area contributed by atoms with Gasteiger partial charge in [-0.2, -0.15) is 0 Å². The highest BCUT2D eigenvalue weighted by atomic mass is 16.4. The van der Waals surface area contributed by atoms with Crippen LogP contribution in [0.3, 0.4) is 0 Å². The Morgan fingerprint density at radius 3 is 2.15 bits per heavy atom. The Labute approximate surface area is 194 Å². The molecule has 2 aliphatic rings. The van der Waals surface area contributed by atoms with E-state index in [1.54, 1.807) is 13.8 Å². The zero-order chi connectivity index (χ0) is 23.7. The maximum atomic E-state index is 13.7. The summed E-state index contributed by atoms with van der Waals surface area (Å²) in [5, 5.41) is 31.5. The van der Waals surface area contributed by atoms with E-state index in [9.17, 15) is 24.9 Å². The molecule has 1 heterocycles. The van der Waals surface area contributed by atoms with Crippen LogP contribution >= 0.6 is 0 Å². The molecule has 0 bridgehead atoms. The van der Waals surface area contributed by atoms with E-state index in [4.69, 9.17) is 4.42 Å². The van der Waals surface area contributed by atoms with E-state index >= 15 is 0 Å². The van der Waals surface area contributed by atoms with Crippen LogP contribution in [0.1, 0.15) is 97.9 Å². The normalized spacial score (nSPS) is 23.8. The third-order valence-electron chi connectivity index (χ3n) is 7.07. The van der Waals surface area contributed by atoms with Crippen molar-refractivity contribution < 1.29 is 24.5 Å². The summed E-state index contributed by atoms with van der Waals surface area (Å²) in [5.74, 6) is -1.30. The summed E-state index contributed by atoms with van der Waals surface area (Å²) < 4.78 is 5.85. The molecule has 4 rings (SSSR count). The minimum Gasteiger partial charge on any atom is -0.506 e. The number of aliphatic hydroxyl groups is 2. The molecule has 2 aromatic rings. The molecule has 0 amide bonds. The Hall–Kier alpha value is -2.44. The molecule has 5 atom stereocenters. The number of hydrogen-bond donors (Lipinski definition) is 3. The van der Waals surface area contributed by atoms with Gasteiger partial charge < -0.3 is 19.7 Å². The number of aliphatic hydroxyl groups excluding tert-OH is 2. The monoisotopic (exact) mass is 454 g/mol. The van der Waals surface area contributed by atoms with Crippen LogP contribution in [0.2, 0.25) is 0 Å². The van der Waals surface area contributed by atoms with E-state index in [-0.39, 0.29) is 52.6 Å². The van der Waals surface area contributed by atoms with Gasteiger partial charge in [0.1, 0.15) is 11.5 Å². The Bertz CT molecular complexity index is 1030. The first-order valence-corrected chi connectivity index (χ1v) is 12.1. The molecule has 1 aromatic heterocycles. The van der Waals surface area contributed by atoms with E-state index in [0.29, 0.717) is 25.7 Å². The van der Waals surface area contributed by atoms with Gasteiger partial charge in [-0.15, -0.1) is 0 Å². The topological polar surface area (TPSA) is 108 Å². The molecule has 6 nitrogen and oxygen atoms in total. The van der Waals surface area contributed by atoms with Gasteiger partial charge in [0, 0.05) is 17.8 Å². The van der Waals surface area contributed by atoms with E-state index in [1.807, 2.05) is 30.3 Å². The largest absolute Gasteiger partial charge is 0.506 e. The molecule has 0 saturated heterocycles. The molecule has 6 heteroatoms. The number of Topliss-reactive ketones (excluding diaryl/α,β-unsaturated/α-hetero) is 1. The van der Waals surface area contributed by atoms with Gasteiger partial charge >= 0.3 is 5.63 Å². The zero-order valence-corrected chi connectivity index (χ0v) is 19.4. The lowest BCUT2D eigenvalue weighted by molar-refractivity contribution is 0.0814. The molecule has 3 N–H and O–H groups in total. The van der Waals surface area contributed by atoms with Crippen LogP contribution in [-0.2, 0) is 0 Å². The highest BCUT2D eigenvalue weighted by molar-refractivity contribution is 6.01. The number of carbonyl (C=O) groups excluding carboxylic acids is 1. The second-order valence-electron chi connectivity index (χ2n) is 9.98. The van der Waals surface area contributed by atoms with Crippen molar-refractivity contribution in [2.45, 2.75) is 82.8 Å². The fourth-order valence-electron chi connectivity index (χ4n) is 5.47. The van der Waals surface area contributed by atoms with Crippen molar-refractivity contribution in [3.63, 3.8) is 0 Å². The molecular formula is C27H34O6.